The van der Waals surface area contributed by atoms with Crippen LogP contribution in [0.1, 0.15) is 0 Å². The van der Waals surface area contributed by atoms with Gasteiger partial charge in [-0.25, -0.2) is 4.98 Å². The highest BCUT2D eigenvalue weighted by atomic mass is 16.5. The van der Waals surface area contributed by atoms with Gasteiger partial charge in [-0.2, -0.15) is 0 Å². The molecule has 1 heterocycles. The van der Waals surface area contributed by atoms with E-state index in [1.165, 1.54) is 0 Å². The number of nitrogens with two attached hydrogens (primary N) is 1. The summed E-state index contributed by atoms with van der Waals surface area (Å²) < 4.78 is 4.96. The Morgan fingerprint density at radius 3 is 3.00 bits per heavy atom. The quantitative estimate of drug-likeness (QED) is 0.606. The van der Waals surface area contributed by atoms with Crippen LogP contribution in [-0.4, -0.2) is 25.2 Å². The van der Waals surface area contributed by atoms with E-state index >= 15 is 0 Å². The van der Waals surface area contributed by atoms with Gasteiger partial charge in [-0.15, -0.1) is 0 Å². The second kappa shape index (κ2) is 4.81. The summed E-state index contributed by atoms with van der Waals surface area (Å²) >= 11 is 0. The van der Waals surface area contributed by atoms with E-state index in [2.05, 4.69) is 10.3 Å². The number of benzene rings is 1. The highest BCUT2D eigenvalue weighted by Gasteiger charge is 1.98. The van der Waals surface area contributed by atoms with Gasteiger partial charge in [0.15, 0.2) is 0 Å². The summed E-state index contributed by atoms with van der Waals surface area (Å²) in [4.78, 5) is 4.47. The second-order valence-corrected chi connectivity index (χ2v) is 3.57. The van der Waals surface area contributed by atoms with Gasteiger partial charge in [0.1, 0.15) is 5.82 Å². The zero-order valence-corrected chi connectivity index (χ0v) is 9.23. The minimum absolute atomic E-state index is 0.668. The summed E-state index contributed by atoms with van der Waals surface area (Å²) in [5.74, 6) is 0.856. The fraction of sp³-hybridized carbons (Fsp3) is 0.250. The number of methoxy groups -OCH3 is 1. The highest BCUT2D eigenvalue weighted by molar-refractivity contribution is 5.83. The average molecular weight is 217 g/mol. The van der Waals surface area contributed by atoms with Gasteiger partial charge < -0.3 is 15.8 Å². The summed E-state index contributed by atoms with van der Waals surface area (Å²) in [6.07, 6.45) is 0. The van der Waals surface area contributed by atoms with Crippen molar-refractivity contribution in [3.63, 3.8) is 0 Å². The normalized spacial score (nSPS) is 10.6. The Morgan fingerprint density at radius 1 is 1.31 bits per heavy atom. The monoisotopic (exact) mass is 217 g/mol. The number of pyridine rings is 1. The van der Waals surface area contributed by atoms with Crippen molar-refractivity contribution in [2.45, 2.75) is 0 Å². The number of nitrogen functional groups attached to an aromatic ring is 1. The number of hydrogen-bond donors (Lipinski definition) is 2. The predicted molar refractivity (Wildman–Crippen MR) is 66.5 cm³/mol. The third-order valence-corrected chi connectivity index (χ3v) is 2.33. The zero-order valence-electron chi connectivity index (χ0n) is 9.23. The van der Waals surface area contributed by atoms with E-state index < -0.39 is 0 Å². The predicted octanol–water partition coefficient (Wildman–Crippen LogP) is 1.88. The number of aromatic nitrogens is 1. The first-order chi connectivity index (χ1) is 7.79. The molecule has 0 unspecified atom stereocenters. The fourth-order valence-electron chi connectivity index (χ4n) is 1.52. The zero-order chi connectivity index (χ0) is 11.4. The average Bonchev–Trinajstić information content (AvgIpc) is 2.29. The molecule has 1 aromatic heterocycles. The van der Waals surface area contributed by atoms with Crippen LogP contribution in [-0.2, 0) is 4.74 Å². The molecule has 0 amide bonds. The number of rotatable bonds is 4. The molecule has 0 fully saturated rings. The lowest BCUT2D eigenvalue weighted by Crippen LogP contribution is -2.08. The third kappa shape index (κ3) is 2.41. The molecule has 2 rings (SSSR count). The van der Waals surface area contributed by atoms with Crippen LogP contribution in [0.25, 0.3) is 10.9 Å². The van der Waals surface area contributed by atoms with Crippen molar-refractivity contribution in [3.8, 4) is 0 Å². The smallest absolute Gasteiger partial charge is 0.126 e. The van der Waals surface area contributed by atoms with Crippen LogP contribution in [0.2, 0.25) is 0 Å². The molecule has 0 atom stereocenters. The van der Waals surface area contributed by atoms with Crippen molar-refractivity contribution in [3.05, 3.63) is 30.3 Å². The summed E-state index contributed by atoms with van der Waals surface area (Å²) in [6.45, 7) is 1.42. The van der Waals surface area contributed by atoms with Crippen LogP contribution in [0.5, 0.6) is 0 Å². The first-order valence-corrected chi connectivity index (χ1v) is 5.19. The SMILES string of the molecule is COCCNc1ccc2cc(N)ccc2n1. The van der Waals surface area contributed by atoms with E-state index in [0.717, 1.165) is 29.0 Å². The Morgan fingerprint density at radius 2 is 2.19 bits per heavy atom. The number of nitrogens with zero attached hydrogens (tertiary/aromatic N) is 1. The Hall–Kier alpha value is -1.81. The maximum atomic E-state index is 5.70. The molecule has 0 saturated heterocycles. The molecule has 1 aromatic carbocycles. The molecule has 0 radical (unpaired) electrons. The lowest BCUT2D eigenvalue weighted by atomic mass is 10.2. The van der Waals surface area contributed by atoms with Gasteiger partial charge in [0.2, 0.25) is 0 Å². The molecule has 0 aliphatic heterocycles. The van der Waals surface area contributed by atoms with Crippen LogP contribution in [0.4, 0.5) is 11.5 Å². The second-order valence-electron chi connectivity index (χ2n) is 3.57. The molecule has 4 nitrogen and oxygen atoms in total. The van der Waals surface area contributed by atoms with Crippen molar-refractivity contribution in [2.24, 2.45) is 0 Å². The summed E-state index contributed by atoms with van der Waals surface area (Å²) in [5, 5.41) is 4.24. The van der Waals surface area contributed by atoms with E-state index in [-0.39, 0.29) is 0 Å². The van der Waals surface area contributed by atoms with E-state index in [4.69, 9.17) is 10.5 Å². The Kier molecular flexibility index (Phi) is 3.22. The standard InChI is InChI=1S/C12H15N3O/c1-16-7-6-14-12-5-2-9-8-10(13)3-4-11(9)15-12/h2-5,8H,6-7,13H2,1H3,(H,14,15). The Labute approximate surface area is 94.4 Å². The molecule has 3 N–H and O–H groups in total. The maximum Gasteiger partial charge on any atom is 0.126 e. The number of nitrogens with one attached hydrogen (secondary N) is 1. The lowest BCUT2D eigenvalue weighted by Gasteiger charge is -2.06. The molecular formula is C12H15N3O. The maximum absolute atomic E-state index is 5.70. The highest BCUT2D eigenvalue weighted by Crippen LogP contribution is 2.17. The third-order valence-electron chi connectivity index (χ3n) is 2.33. The van der Waals surface area contributed by atoms with E-state index in [1.807, 2.05) is 30.3 Å². The fourth-order valence-corrected chi connectivity index (χ4v) is 1.52. The number of fused-ring (bicyclic) bond motifs is 1. The van der Waals surface area contributed by atoms with Gasteiger partial charge in [-0.05, 0) is 30.3 Å². The van der Waals surface area contributed by atoms with Crippen molar-refractivity contribution >= 4 is 22.4 Å². The van der Waals surface area contributed by atoms with Gasteiger partial charge >= 0.3 is 0 Å². The molecule has 4 heteroatoms. The van der Waals surface area contributed by atoms with Crippen LogP contribution in [0.3, 0.4) is 0 Å². The molecular weight excluding hydrogens is 202 g/mol. The van der Waals surface area contributed by atoms with Gasteiger partial charge in [0.25, 0.3) is 0 Å². The van der Waals surface area contributed by atoms with Crippen molar-refractivity contribution in [1.29, 1.82) is 0 Å². The largest absolute Gasteiger partial charge is 0.399 e. The van der Waals surface area contributed by atoms with Crippen LogP contribution in [0.15, 0.2) is 30.3 Å². The Bertz CT molecular complexity index is 485. The van der Waals surface area contributed by atoms with Crippen LogP contribution in [0, 0.1) is 0 Å². The first kappa shape index (κ1) is 10.7. The van der Waals surface area contributed by atoms with Gasteiger partial charge in [-0.1, -0.05) is 0 Å². The minimum atomic E-state index is 0.668. The molecule has 84 valence electrons. The molecule has 0 aliphatic rings. The Balaban J connectivity index is 2.20. The van der Waals surface area contributed by atoms with Crippen molar-refractivity contribution in [1.82, 2.24) is 4.98 Å². The van der Waals surface area contributed by atoms with Gasteiger partial charge in [0, 0.05) is 24.7 Å². The summed E-state index contributed by atoms with van der Waals surface area (Å²) in [5.41, 5.74) is 7.40. The van der Waals surface area contributed by atoms with E-state index in [0.29, 0.717) is 6.61 Å². The van der Waals surface area contributed by atoms with Crippen LogP contribution >= 0.6 is 0 Å². The lowest BCUT2D eigenvalue weighted by molar-refractivity contribution is 0.210. The van der Waals surface area contributed by atoms with Gasteiger partial charge in [0.05, 0.1) is 12.1 Å². The van der Waals surface area contributed by atoms with E-state index in [9.17, 15) is 0 Å². The van der Waals surface area contributed by atoms with E-state index in [1.54, 1.807) is 7.11 Å². The summed E-state index contributed by atoms with van der Waals surface area (Å²) in [7, 11) is 1.68. The molecule has 0 bridgehead atoms. The summed E-state index contributed by atoms with van der Waals surface area (Å²) in [6, 6.07) is 9.65. The first-order valence-electron chi connectivity index (χ1n) is 5.19. The van der Waals surface area contributed by atoms with Crippen molar-refractivity contribution < 1.29 is 4.74 Å². The molecule has 0 spiro atoms. The number of anilines is 2. The minimum Gasteiger partial charge on any atom is -0.399 e. The molecule has 2 aromatic rings. The van der Waals surface area contributed by atoms with Crippen molar-refractivity contribution in [2.75, 3.05) is 31.3 Å². The van der Waals surface area contributed by atoms with Crippen LogP contribution < -0.4 is 11.1 Å². The number of hydrogen-bond acceptors (Lipinski definition) is 4. The molecule has 0 aliphatic carbocycles. The van der Waals surface area contributed by atoms with Gasteiger partial charge in [-0.3, -0.25) is 0 Å². The molecule has 0 saturated carbocycles. The molecule has 16 heavy (non-hydrogen) atoms. The number of ether oxygens (including phenoxy) is 1. The topological polar surface area (TPSA) is 60.2 Å².